The highest BCUT2D eigenvalue weighted by atomic mass is 16.5. The molecule has 0 saturated carbocycles. The fourth-order valence-electron chi connectivity index (χ4n) is 1.43. The number of benzene rings is 1. The van der Waals surface area contributed by atoms with Gasteiger partial charge in [-0.25, -0.2) is 9.79 Å². The molecule has 1 aromatic carbocycles. The molecule has 1 aromatic rings. The predicted octanol–water partition coefficient (Wildman–Crippen LogP) is 1.55. The van der Waals surface area contributed by atoms with Crippen LogP contribution in [0.25, 0.3) is 0 Å². The van der Waals surface area contributed by atoms with Gasteiger partial charge in [0.1, 0.15) is 5.75 Å². The van der Waals surface area contributed by atoms with Gasteiger partial charge < -0.3 is 14.2 Å². The van der Waals surface area contributed by atoms with Crippen LogP contribution in [0.2, 0.25) is 0 Å². The van der Waals surface area contributed by atoms with Gasteiger partial charge in [0, 0.05) is 0 Å². The highest BCUT2D eigenvalue weighted by molar-refractivity contribution is 5.54. The number of methoxy groups -OCH3 is 3. The van der Waals surface area contributed by atoms with Crippen molar-refractivity contribution in [3.05, 3.63) is 17.7 Å². The molecule has 5 heteroatoms. The molecule has 0 bridgehead atoms. The van der Waals surface area contributed by atoms with Crippen LogP contribution in [0, 0.1) is 0 Å². The van der Waals surface area contributed by atoms with Crippen molar-refractivity contribution in [2.45, 2.75) is 6.54 Å². The molecule has 86 valence electrons. The van der Waals surface area contributed by atoms with Crippen LogP contribution in [0.5, 0.6) is 17.2 Å². The lowest BCUT2D eigenvalue weighted by atomic mass is 10.1. The van der Waals surface area contributed by atoms with E-state index in [2.05, 4.69) is 4.99 Å². The zero-order chi connectivity index (χ0) is 12.0. The van der Waals surface area contributed by atoms with Crippen LogP contribution in [0.15, 0.2) is 17.1 Å². The van der Waals surface area contributed by atoms with Crippen LogP contribution < -0.4 is 14.2 Å². The molecule has 0 heterocycles. The van der Waals surface area contributed by atoms with Crippen molar-refractivity contribution in [3.8, 4) is 17.2 Å². The van der Waals surface area contributed by atoms with E-state index in [9.17, 15) is 4.79 Å². The first kappa shape index (κ1) is 12.1. The normalized spacial score (nSPS) is 9.19. The minimum Gasteiger partial charge on any atom is -0.496 e. The second-order valence-corrected chi connectivity index (χ2v) is 2.89. The van der Waals surface area contributed by atoms with Gasteiger partial charge in [-0.2, -0.15) is 0 Å². The second-order valence-electron chi connectivity index (χ2n) is 2.89. The number of aliphatic imine (C=N–C) groups is 1. The van der Waals surface area contributed by atoms with Crippen LogP contribution in [0.3, 0.4) is 0 Å². The van der Waals surface area contributed by atoms with E-state index in [1.54, 1.807) is 12.1 Å². The van der Waals surface area contributed by atoms with Crippen molar-refractivity contribution in [1.82, 2.24) is 0 Å². The SMILES string of the molecule is COc1ccc(OC)c(OC)c1CN=C=O. The lowest BCUT2D eigenvalue weighted by Crippen LogP contribution is -1.98. The minimum atomic E-state index is 0.146. The summed E-state index contributed by atoms with van der Waals surface area (Å²) in [4.78, 5) is 13.6. The lowest BCUT2D eigenvalue weighted by Gasteiger charge is -2.14. The third-order valence-electron chi connectivity index (χ3n) is 2.13. The molecule has 0 radical (unpaired) electrons. The Kier molecular flexibility index (Phi) is 4.36. The molecule has 0 atom stereocenters. The van der Waals surface area contributed by atoms with Gasteiger partial charge in [0.15, 0.2) is 11.5 Å². The van der Waals surface area contributed by atoms with E-state index < -0.39 is 0 Å². The monoisotopic (exact) mass is 223 g/mol. The molecule has 0 aliphatic heterocycles. The third-order valence-corrected chi connectivity index (χ3v) is 2.13. The Bertz CT molecular complexity index is 411. The maximum Gasteiger partial charge on any atom is 0.235 e. The summed E-state index contributed by atoms with van der Waals surface area (Å²) in [6.07, 6.45) is 1.48. The summed E-state index contributed by atoms with van der Waals surface area (Å²) in [7, 11) is 4.60. The molecule has 0 spiro atoms. The summed E-state index contributed by atoms with van der Waals surface area (Å²) < 4.78 is 15.5. The highest BCUT2D eigenvalue weighted by Gasteiger charge is 2.14. The molecule has 0 fully saturated rings. The number of ether oxygens (including phenoxy) is 3. The zero-order valence-electron chi connectivity index (χ0n) is 9.44. The first-order valence-electron chi connectivity index (χ1n) is 4.60. The molecule has 5 nitrogen and oxygen atoms in total. The van der Waals surface area contributed by atoms with E-state index in [1.165, 1.54) is 27.4 Å². The lowest BCUT2D eigenvalue weighted by molar-refractivity contribution is 0.344. The second kappa shape index (κ2) is 5.78. The number of isocyanates is 1. The van der Waals surface area contributed by atoms with E-state index >= 15 is 0 Å². The van der Waals surface area contributed by atoms with Crippen LogP contribution in [0.1, 0.15) is 5.56 Å². The molecule has 0 saturated heterocycles. The zero-order valence-corrected chi connectivity index (χ0v) is 9.44. The Labute approximate surface area is 93.7 Å². The predicted molar refractivity (Wildman–Crippen MR) is 57.9 cm³/mol. The van der Waals surface area contributed by atoms with Gasteiger partial charge in [0.05, 0.1) is 33.4 Å². The first-order chi connectivity index (χ1) is 7.78. The molecular formula is C11H13NO4. The quantitative estimate of drug-likeness (QED) is 0.561. The van der Waals surface area contributed by atoms with Gasteiger partial charge in [-0.1, -0.05) is 0 Å². The van der Waals surface area contributed by atoms with Crippen LogP contribution in [0.4, 0.5) is 0 Å². The van der Waals surface area contributed by atoms with Crippen molar-refractivity contribution in [1.29, 1.82) is 0 Å². The average Bonchev–Trinajstić information content (AvgIpc) is 2.34. The minimum absolute atomic E-state index is 0.146. The Morgan fingerprint density at radius 1 is 1.12 bits per heavy atom. The molecule has 16 heavy (non-hydrogen) atoms. The van der Waals surface area contributed by atoms with E-state index in [0.717, 1.165) is 0 Å². The summed E-state index contributed by atoms with van der Waals surface area (Å²) in [6.45, 7) is 0.146. The molecule has 1 rings (SSSR count). The van der Waals surface area contributed by atoms with Gasteiger partial charge in [-0.05, 0) is 12.1 Å². The van der Waals surface area contributed by atoms with Gasteiger partial charge in [-0.15, -0.1) is 0 Å². The standard InChI is InChI=1S/C11H13NO4/c1-14-9-4-5-10(15-2)11(16-3)8(9)6-12-7-13/h4-5H,6H2,1-3H3. The molecule has 0 aliphatic carbocycles. The Morgan fingerprint density at radius 2 is 1.75 bits per heavy atom. The van der Waals surface area contributed by atoms with Crippen molar-refractivity contribution in [2.75, 3.05) is 21.3 Å². The Morgan fingerprint density at radius 3 is 2.25 bits per heavy atom. The Hall–Kier alpha value is -2.00. The molecule has 0 amide bonds. The van der Waals surface area contributed by atoms with Gasteiger partial charge in [0.2, 0.25) is 6.08 Å². The van der Waals surface area contributed by atoms with Crippen LogP contribution >= 0.6 is 0 Å². The smallest absolute Gasteiger partial charge is 0.235 e. The maximum absolute atomic E-state index is 10.1. The third kappa shape index (κ3) is 2.32. The largest absolute Gasteiger partial charge is 0.496 e. The van der Waals surface area contributed by atoms with Crippen LogP contribution in [-0.2, 0) is 11.3 Å². The van der Waals surface area contributed by atoms with Crippen LogP contribution in [-0.4, -0.2) is 27.4 Å². The topological polar surface area (TPSA) is 57.1 Å². The summed E-state index contributed by atoms with van der Waals surface area (Å²) in [6, 6.07) is 3.46. The number of carbonyl (C=O) groups excluding carboxylic acids is 1. The molecule has 0 N–H and O–H groups in total. The summed E-state index contributed by atoms with van der Waals surface area (Å²) in [5, 5.41) is 0. The van der Waals surface area contributed by atoms with Crippen molar-refractivity contribution in [3.63, 3.8) is 0 Å². The fourth-order valence-corrected chi connectivity index (χ4v) is 1.43. The highest BCUT2D eigenvalue weighted by Crippen LogP contribution is 2.37. The first-order valence-corrected chi connectivity index (χ1v) is 4.60. The van der Waals surface area contributed by atoms with Gasteiger partial charge >= 0.3 is 0 Å². The van der Waals surface area contributed by atoms with E-state index in [-0.39, 0.29) is 6.54 Å². The fraction of sp³-hybridized carbons (Fsp3) is 0.364. The van der Waals surface area contributed by atoms with Gasteiger partial charge in [0.25, 0.3) is 0 Å². The van der Waals surface area contributed by atoms with E-state index in [4.69, 9.17) is 14.2 Å². The average molecular weight is 223 g/mol. The number of rotatable bonds is 5. The number of nitrogens with zero attached hydrogens (tertiary/aromatic N) is 1. The molecule has 0 aromatic heterocycles. The van der Waals surface area contributed by atoms with Gasteiger partial charge in [-0.3, -0.25) is 0 Å². The molecule has 0 unspecified atom stereocenters. The van der Waals surface area contributed by atoms with Crippen molar-refractivity contribution in [2.24, 2.45) is 4.99 Å². The summed E-state index contributed by atoms with van der Waals surface area (Å²) >= 11 is 0. The number of hydrogen-bond donors (Lipinski definition) is 0. The van der Waals surface area contributed by atoms with Crippen molar-refractivity contribution >= 4 is 6.08 Å². The molecular weight excluding hydrogens is 210 g/mol. The van der Waals surface area contributed by atoms with Crippen molar-refractivity contribution < 1.29 is 19.0 Å². The molecule has 0 aliphatic rings. The van der Waals surface area contributed by atoms with E-state index in [1.807, 2.05) is 0 Å². The summed E-state index contributed by atoms with van der Waals surface area (Å²) in [5.41, 5.74) is 0.660. The maximum atomic E-state index is 10.1. The summed E-state index contributed by atoms with van der Waals surface area (Å²) in [5.74, 6) is 1.68. The Balaban J connectivity index is 3.29. The number of hydrogen-bond acceptors (Lipinski definition) is 5. The van der Waals surface area contributed by atoms with E-state index in [0.29, 0.717) is 22.8 Å².